The fourth-order valence-electron chi connectivity index (χ4n) is 4.41. The predicted molar refractivity (Wildman–Crippen MR) is 128 cm³/mol. The summed E-state index contributed by atoms with van der Waals surface area (Å²) >= 11 is 1.71. The Morgan fingerprint density at radius 2 is 1.00 bits per heavy atom. The first-order chi connectivity index (χ1) is 15.7. The van der Waals surface area contributed by atoms with Crippen LogP contribution in [0.3, 0.4) is 0 Å². The number of rotatable bonds is 1. The van der Waals surface area contributed by atoms with Gasteiger partial charge in [-0.3, -0.25) is 0 Å². The minimum absolute atomic E-state index is 0.585. The molecule has 0 saturated heterocycles. The van der Waals surface area contributed by atoms with Gasteiger partial charge in [-0.1, -0.05) is 0 Å². The molecule has 146 valence electrons. The molecular formula is C27H12N4S. The molecule has 6 aromatic rings. The molecule has 4 nitrogen and oxygen atoms in total. The molecule has 4 aromatic carbocycles. The van der Waals surface area contributed by atoms with E-state index >= 15 is 0 Å². The van der Waals surface area contributed by atoms with Gasteiger partial charge in [0.1, 0.15) is 0 Å². The highest BCUT2D eigenvalue weighted by Gasteiger charge is 2.15. The summed E-state index contributed by atoms with van der Waals surface area (Å²) in [5, 5.41) is 32.2. The molecule has 0 aliphatic heterocycles. The summed E-state index contributed by atoms with van der Waals surface area (Å²) in [6.07, 6.45) is 0. The number of aromatic nitrogens is 1. The van der Waals surface area contributed by atoms with Gasteiger partial charge in [0.15, 0.2) is 0 Å². The van der Waals surface area contributed by atoms with E-state index in [0.717, 1.165) is 47.7 Å². The van der Waals surface area contributed by atoms with Crippen molar-refractivity contribution >= 4 is 53.3 Å². The second-order valence-electron chi connectivity index (χ2n) is 7.63. The predicted octanol–water partition coefficient (Wildman–Crippen LogP) is 6.77. The Kier molecular flexibility index (Phi) is 3.80. The van der Waals surface area contributed by atoms with Crippen LogP contribution in [0.1, 0.15) is 16.7 Å². The highest BCUT2D eigenvalue weighted by Crippen LogP contribution is 2.38. The van der Waals surface area contributed by atoms with Crippen molar-refractivity contribution < 1.29 is 0 Å². The number of thiophene rings is 1. The van der Waals surface area contributed by atoms with E-state index in [2.05, 4.69) is 41.0 Å². The molecule has 0 aliphatic rings. The van der Waals surface area contributed by atoms with Gasteiger partial charge in [0.05, 0.1) is 45.9 Å². The number of fused-ring (bicyclic) bond motifs is 6. The highest BCUT2D eigenvalue weighted by molar-refractivity contribution is 7.25. The summed E-state index contributed by atoms with van der Waals surface area (Å²) < 4.78 is 4.48. The number of benzene rings is 4. The van der Waals surface area contributed by atoms with Gasteiger partial charge in [-0.15, -0.1) is 11.3 Å². The van der Waals surface area contributed by atoms with E-state index in [0.29, 0.717) is 16.7 Å². The van der Waals surface area contributed by atoms with Gasteiger partial charge < -0.3 is 4.57 Å². The van der Waals surface area contributed by atoms with Crippen molar-refractivity contribution in [2.24, 2.45) is 0 Å². The maximum absolute atomic E-state index is 9.40. The zero-order valence-electron chi connectivity index (χ0n) is 16.6. The summed E-state index contributed by atoms with van der Waals surface area (Å²) in [6, 6.07) is 30.2. The minimum Gasteiger partial charge on any atom is -0.309 e. The number of hydrogen-bond donors (Lipinski definition) is 0. The van der Waals surface area contributed by atoms with Crippen LogP contribution in [0.5, 0.6) is 0 Å². The van der Waals surface area contributed by atoms with E-state index in [1.54, 1.807) is 11.3 Å². The van der Waals surface area contributed by atoms with Crippen molar-refractivity contribution in [1.29, 1.82) is 15.8 Å². The third kappa shape index (κ3) is 2.52. The van der Waals surface area contributed by atoms with E-state index < -0.39 is 0 Å². The topological polar surface area (TPSA) is 76.3 Å². The Bertz CT molecular complexity index is 1800. The molecular weight excluding hydrogens is 412 g/mol. The van der Waals surface area contributed by atoms with Crippen LogP contribution in [-0.4, -0.2) is 4.57 Å². The Morgan fingerprint density at radius 1 is 0.531 bits per heavy atom. The molecule has 32 heavy (non-hydrogen) atoms. The second kappa shape index (κ2) is 6.69. The van der Waals surface area contributed by atoms with Gasteiger partial charge in [-0.2, -0.15) is 15.8 Å². The van der Waals surface area contributed by atoms with Crippen LogP contribution in [0.25, 0.3) is 47.7 Å². The maximum atomic E-state index is 9.40. The molecule has 0 unspecified atom stereocenters. The lowest BCUT2D eigenvalue weighted by molar-refractivity contribution is 1.19. The average Bonchev–Trinajstić information content (AvgIpc) is 3.37. The zero-order chi connectivity index (χ0) is 21.8. The van der Waals surface area contributed by atoms with Crippen LogP contribution < -0.4 is 0 Å². The van der Waals surface area contributed by atoms with Crippen molar-refractivity contribution in [3.05, 3.63) is 89.5 Å². The van der Waals surface area contributed by atoms with Gasteiger partial charge in [-0.05, 0) is 72.8 Å². The third-order valence-corrected chi connectivity index (χ3v) is 7.02. The lowest BCUT2D eigenvalue weighted by Gasteiger charge is -2.08. The first-order valence-corrected chi connectivity index (χ1v) is 10.8. The lowest BCUT2D eigenvalue weighted by atomic mass is 10.1. The monoisotopic (exact) mass is 424 g/mol. The van der Waals surface area contributed by atoms with Gasteiger partial charge >= 0.3 is 0 Å². The molecule has 6 rings (SSSR count). The fraction of sp³-hybridized carbons (Fsp3) is 0. The maximum Gasteiger partial charge on any atom is 0.0991 e. The summed E-state index contributed by atoms with van der Waals surface area (Å²) in [5.41, 5.74) is 4.77. The molecule has 2 aromatic heterocycles. The van der Waals surface area contributed by atoms with E-state index in [1.807, 2.05) is 54.6 Å². The zero-order valence-corrected chi connectivity index (χ0v) is 17.4. The Hall–Kier alpha value is -4.63. The van der Waals surface area contributed by atoms with Crippen LogP contribution in [0.2, 0.25) is 0 Å². The SMILES string of the molecule is N#Cc1ccc2sc3ccc(-n4c5ccc(C#N)cc5c5cc(C#N)ccc54)cc3c2c1. The standard InChI is InChI=1S/C27H12N4S/c28-13-16-1-5-24-20(9-16)21-10-17(14-29)2-6-25(21)31(24)19-4-8-27-23(12-19)22-11-18(15-30)3-7-26(22)32-27/h1-12H. The number of nitrogens with zero attached hydrogens (tertiary/aromatic N) is 4. The quantitative estimate of drug-likeness (QED) is 0.292. The smallest absolute Gasteiger partial charge is 0.0991 e. The van der Waals surface area contributed by atoms with Crippen LogP contribution >= 0.6 is 11.3 Å². The van der Waals surface area contributed by atoms with Gasteiger partial charge in [0.25, 0.3) is 0 Å². The van der Waals surface area contributed by atoms with E-state index in [-0.39, 0.29) is 0 Å². The number of hydrogen-bond acceptors (Lipinski definition) is 4. The fourth-order valence-corrected chi connectivity index (χ4v) is 5.48. The second-order valence-corrected chi connectivity index (χ2v) is 8.71. The Labute approximate surface area is 187 Å². The molecule has 5 heteroatoms. The van der Waals surface area contributed by atoms with E-state index in [9.17, 15) is 15.8 Å². The van der Waals surface area contributed by atoms with E-state index in [4.69, 9.17) is 0 Å². The van der Waals surface area contributed by atoms with Crippen LogP contribution in [0.15, 0.2) is 72.8 Å². The van der Waals surface area contributed by atoms with Gasteiger partial charge in [0, 0.05) is 36.6 Å². The summed E-state index contributed by atoms with van der Waals surface area (Å²) in [7, 11) is 0. The summed E-state index contributed by atoms with van der Waals surface area (Å²) in [5.74, 6) is 0. The first-order valence-electron chi connectivity index (χ1n) is 9.95. The molecule has 0 atom stereocenters. The molecule has 0 radical (unpaired) electrons. The van der Waals surface area contributed by atoms with Crippen molar-refractivity contribution in [2.75, 3.05) is 0 Å². The van der Waals surface area contributed by atoms with Crippen molar-refractivity contribution in [3.8, 4) is 23.9 Å². The molecule has 0 fully saturated rings. The van der Waals surface area contributed by atoms with Crippen LogP contribution in [0.4, 0.5) is 0 Å². The first kappa shape index (κ1) is 18.2. The molecule has 0 saturated carbocycles. The van der Waals surface area contributed by atoms with Crippen molar-refractivity contribution in [2.45, 2.75) is 0 Å². The molecule has 0 amide bonds. The molecule has 2 heterocycles. The highest BCUT2D eigenvalue weighted by atomic mass is 32.1. The van der Waals surface area contributed by atoms with Crippen molar-refractivity contribution in [3.63, 3.8) is 0 Å². The Balaban J connectivity index is 1.72. The largest absolute Gasteiger partial charge is 0.309 e. The molecule has 0 spiro atoms. The molecule has 0 N–H and O–H groups in total. The van der Waals surface area contributed by atoms with Gasteiger partial charge in [0.2, 0.25) is 0 Å². The molecule has 0 aliphatic carbocycles. The van der Waals surface area contributed by atoms with Crippen LogP contribution in [-0.2, 0) is 0 Å². The minimum atomic E-state index is 0.585. The lowest BCUT2D eigenvalue weighted by Crippen LogP contribution is -1.93. The van der Waals surface area contributed by atoms with Crippen LogP contribution in [0, 0.1) is 34.0 Å². The molecule has 0 bridgehead atoms. The Morgan fingerprint density at radius 3 is 1.56 bits per heavy atom. The van der Waals surface area contributed by atoms with E-state index in [1.165, 1.54) is 0 Å². The summed E-state index contributed by atoms with van der Waals surface area (Å²) in [6.45, 7) is 0. The van der Waals surface area contributed by atoms with Gasteiger partial charge in [-0.25, -0.2) is 0 Å². The van der Waals surface area contributed by atoms with Crippen molar-refractivity contribution in [1.82, 2.24) is 4.57 Å². The average molecular weight is 424 g/mol. The normalized spacial score (nSPS) is 11.0. The summed E-state index contributed by atoms with van der Waals surface area (Å²) in [4.78, 5) is 0. The number of nitriles is 3. The third-order valence-electron chi connectivity index (χ3n) is 5.86.